The fraction of sp³-hybridized carbons (Fsp3) is 0.500. The maximum atomic E-state index is 11.9. The number of halogens is 1. The first-order valence-electron chi connectivity index (χ1n) is 11.8. The molecule has 2 aliphatic rings. The van der Waals surface area contributed by atoms with Gasteiger partial charge in [0.25, 0.3) is 0 Å². The van der Waals surface area contributed by atoms with Gasteiger partial charge in [-0.1, -0.05) is 48.4 Å². The topological polar surface area (TPSA) is 38.8 Å². The van der Waals surface area contributed by atoms with Gasteiger partial charge in [0.2, 0.25) is 0 Å². The zero-order chi connectivity index (χ0) is 22.8. The zero-order valence-corrected chi connectivity index (χ0v) is 20.3. The summed E-state index contributed by atoms with van der Waals surface area (Å²) in [6.45, 7) is 9.34. The number of hydrogen-bond acceptors (Lipinski definition) is 3. The van der Waals surface area contributed by atoms with Crippen molar-refractivity contribution in [2.75, 3.05) is 58.2 Å². The Bertz CT molecular complexity index is 811. The van der Waals surface area contributed by atoms with Crippen molar-refractivity contribution in [2.24, 2.45) is 0 Å². The maximum absolute atomic E-state index is 11.9. The molecule has 1 N–H and O–H groups in total. The van der Waals surface area contributed by atoms with Crippen LogP contribution in [0, 0.1) is 6.92 Å². The lowest BCUT2D eigenvalue weighted by Crippen LogP contribution is -2.48. The number of piperazine rings is 1. The summed E-state index contributed by atoms with van der Waals surface area (Å²) in [6.07, 6.45) is 5.22. The Morgan fingerprint density at radius 2 is 1.59 bits per heavy atom. The molecular formula is C26H37ClN4O. The first kappa shape index (κ1) is 24.6. The maximum Gasteiger partial charge on any atom is 0.321 e. The van der Waals surface area contributed by atoms with Crippen LogP contribution in [0.1, 0.15) is 30.4 Å². The number of nitrogens with one attached hydrogen (secondary N) is 1. The summed E-state index contributed by atoms with van der Waals surface area (Å²) in [5.74, 6) is 0. The van der Waals surface area contributed by atoms with Gasteiger partial charge >= 0.3 is 6.03 Å². The van der Waals surface area contributed by atoms with Gasteiger partial charge in [-0.05, 0) is 75.6 Å². The van der Waals surface area contributed by atoms with Crippen LogP contribution in [0.15, 0.2) is 48.5 Å². The van der Waals surface area contributed by atoms with E-state index in [2.05, 4.69) is 35.2 Å². The molecule has 2 heterocycles. The first-order valence-corrected chi connectivity index (χ1v) is 12.2. The number of carbonyl (C=O) groups excluding carboxylic acids is 1. The third kappa shape index (κ3) is 7.80. The molecule has 32 heavy (non-hydrogen) atoms. The minimum Gasteiger partial charge on any atom is -0.322 e. The molecule has 0 radical (unpaired) electrons. The van der Waals surface area contributed by atoms with Crippen LogP contribution < -0.4 is 5.32 Å². The van der Waals surface area contributed by atoms with Crippen molar-refractivity contribution in [3.8, 4) is 0 Å². The van der Waals surface area contributed by atoms with Crippen molar-refractivity contribution in [3.63, 3.8) is 0 Å². The van der Waals surface area contributed by atoms with Crippen LogP contribution in [0.2, 0.25) is 5.02 Å². The highest BCUT2D eigenvalue weighted by Crippen LogP contribution is 2.21. The molecule has 0 atom stereocenters. The highest BCUT2D eigenvalue weighted by Gasteiger charge is 2.18. The summed E-state index contributed by atoms with van der Waals surface area (Å²) in [5, 5.41) is 3.82. The summed E-state index contributed by atoms with van der Waals surface area (Å²) >= 11 is 6.23. The number of piperidine rings is 1. The molecule has 174 valence electrons. The fourth-order valence-corrected chi connectivity index (χ4v) is 4.49. The third-order valence-corrected chi connectivity index (χ3v) is 6.65. The van der Waals surface area contributed by atoms with Gasteiger partial charge in [-0.15, -0.1) is 0 Å². The van der Waals surface area contributed by atoms with Crippen molar-refractivity contribution in [3.05, 3.63) is 64.7 Å². The number of urea groups is 1. The Morgan fingerprint density at radius 3 is 2.25 bits per heavy atom. The van der Waals surface area contributed by atoms with Gasteiger partial charge in [0, 0.05) is 43.4 Å². The predicted octanol–water partition coefficient (Wildman–Crippen LogP) is 5.14. The Labute approximate surface area is 198 Å². The molecule has 6 heteroatoms. The molecule has 5 nitrogen and oxygen atoms in total. The number of nitrogens with zero attached hydrogens (tertiary/aromatic N) is 3. The van der Waals surface area contributed by atoms with Crippen molar-refractivity contribution in [1.29, 1.82) is 0 Å². The van der Waals surface area contributed by atoms with Gasteiger partial charge in [-0.3, -0.25) is 0 Å². The predicted molar refractivity (Wildman–Crippen MR) is 135 cm³/mol. The van der Waals surface area contributed by atoms with E-state index in [1.165, 1.54) is 43.5 Å². The number of hydrogen-bond donors (Lipinski definition) is 1. The van der Waals surface area contributed by atoms with Crippen LogP contribution in [0.25, 0.3) is 0 Å². The number of para-hydroxylation sites is 1. The van der Waals surface area contributed by atoms with E-state index in [9.17, 15) is 4.79 Å². The molecule has 2 saturated heterocycles. The van der Waals surface area contributed by atoms with E-state index in [4.69, 9.17) is 11.6 Å². The van der Waals surface area contributed by atoms with E-state index in [0.29, 0.717) is 0 Å². The van der Waals surface area contributed by atoms with Crippen LogP contribution >= 0.6 is 11.6 Å². The molecule has 0 spiro atoms. The van der Waals surface area contributed by atoms with Crippen LogP contribution in [-0.2, 0) is 6.42 Å². The second-order valence-electron chi connectivity index (χ2n) is 8.77. The third-order valence-electron chi connectivity index (χ3n) is 6.30. The second-order valence-corrected chi connectivity index (χ2v) is 9.18. The Kier molecular flexibility index (Phi) is 9.85. The average Bonchev–Trinajstić information content (AvgIpc) is 2.81. The Balaban J connectivity index is 0.000000181. The summed E-state index contributed by atoms with van der Waals surface area (Å²) in [6, 6.07) is 15.7. The lowest BCUT2D eigenvalue weighted by Gasteiger charge is -2.32. The number of aryl methyl sites for hydroxylation is 1. The summed E-state index contributed by atoms with van der Waals surface area (Å²) in [7, 11) is 2.08. The van der Waals surface area contributed by atoms with E-state index in [1.807, 2.05) is 47.4 Å². The molecule has 2 amide bonds. The second kappa shape index (κ2) is 12.8. The van der Waals surface area contributed by atoms with Gasteiger partial charge in [0.15, 0.2) is 0 Å². The SMILES string of the molecule is CN1CCN(C(=O)Nc2ccccc2)CC1.Cc1cccc(Cl)c1CCN1CCCCC1. The van der Waals surface area contributed by atoms with Crippen molar-refractivity contribution in [1.82, 2.24) is 14.7 Å². The number of likely N-dealkylation sites (N-methyl/N-ethyl adjacent to an activating group) is 1. The highest BCUT2D eigenvalue weighted by molar-refractivity contribution is 6.31. The molecule has 0 aromatic heterocycles. The number of rotatable bonds is 4. The van der Waals surface area contributed by atoms with Crippen molar-refractivity contribution < 1.29 is 4.79 Å². The number of benzene rings is 2. The monoisotopic (exact) mass is 456 g/mol. The first-order chi connectivity index (χ1) is 15.5. The van der Waals surface area contributed by atoms with E-state index in [-0.39, 0.29) is 6.03 Å². The quantitative estimate of drug-likeness (QED) is 0.692. The Morgan fingerprint density at radius 1 is 0.906 bits per heavy atom. The minimum absolute atomic E-state index is 0.000648. The summed E-state index contributed by atoms with van der Waals surface area (Å²) < 4.78 is 0. The fourth-order valence-electron chi connectivity index (χ4n) is 4.17. The molecule has 2 aromatic rings. The van der Waals surface area contributed by atoms with Crippen LogP contribution in [0.5, 0.6) is 0 Å². The number of anilines is 1. The minimum atomic E-state index is -0.000648. The van der Waals surface area contributed by atoms with Crippen LogP contribution in [0.4, 0.5) is 10.5 Å². The van der Waals surface area contributed by atoms with E-state index in [1.54, 1.807) is 0 Å². The highest BCUT2D eigenvalue weighted by atomic mass is 35.5. The van der Waals surface area contributed by atoms with Crippen LogP contribution in [-0.4, -0.2) is 73.6 Å². The van der Waals surface area contributed by atoms with E-state index < -0.39 is 0 Å². The molecule has 0 aliphatic carbocycles. The van der Waals surface area contributed by atoms with Crippen molar-refractivity contribution >= 4 is 23.3 Å². The van der Waals surface area contributed by atoms with Gasteiger partial charge in [0.05, 0.1) is 0 Å². The normalized spacial score (nSPS) is 17.4. The molecule has 0 saturated carbocycles. The largest absolute Gasteiger partial charge is 0.322 e. The molecule has 2 aromatic carbocycles. The van der Waals surface area contributed by atoms with E-state index in [0.717, 1.165) is 49.9 Å². The number of amides is 2. The van der Waals surface area contributed by atoms with Crippen molar-refractivity contribution in [2.45, 2.75) is 32.6 Å². The van der Waals surface area contributed by atoms with Gasteiger partial charge in [-0.2, -0.15) is 0 Å². The molecule has 0 bridgehead atoms. The molecule has 4 rings (SSSR count). The number of carbonyl (C=O) groups is 1. The lowest BCUT2D eigenvalue weighted by atomic mass is 10.0. The molecule has 0 unspecified atom stereocenters. The van der Waals surface area contributed by atoms with Crippen LogP contribution in [0.3, 0.4) is 0 Å². The summed E-state index contributed by atoms with van der Waals surface area (Å²) in [5.41, 5.74) is 3.51. The van der Waals surface area contributed by atoms with Gasteiger partial charge in [0.1, 0.15) is 0 Å². The lowest BCUT2D eigenvalue weighted by molar-refractivity contribution is 0.164. The molecular weight excluding hydrogens is 420 g/mol. The van der Waals surface area contributed by atoms with Gasteiger partial charge < -0.3 is 20.0 Å². The number of likely N-dealkylation sites (tertiary alicyclic amines) is 1. The standard InChI is InChI=1S/C14H20ClN.C12H17N3O/c1-12-6-5-7-14(15)13(12)8-11-16-9-3-2-4-10-16;1-14-7-9-15(10-8-14)12(16)13-11-5-3-2-4-6-11/h5-7H,2-4,8-11H2,1H3;2-6H,7-10H2,1H3,(H,13,16). The van der Waals surface area contributed by atoms with E-state index >= 15 is 0 Å². The molecule has 2 aliphatic heterocycles. The van der Waals surface area contributed by atoms with Gasteiger partial charge in [-0.25, -0.2) is 4.79 Å². The average molecular weight is 457 g/mol. The smallest absolute Gasteiger partial charge is 0.321 e. The zero-order valence-electron chi connectivity index (χ0n) is 19.5. The molecule has 2 fully saturated rings. The summed E-state index contributed by atoms with van der Waals surface area (Å²) in [4.78, 5) is 18.5. The Hall–Kier alpha value is -2.08.